The minimum absolute atomic E-state index is 0.0267. The molecule has 0 radical (unpaired) electrons. The van der Waals surface area contributed by atoms with Crippen LogP contribution in [0.2, 0.25) is 0 Å². The van der Waals surface area contributed by atoms with Crippen LogP contribution in [0.25, 0.3) is 10.7 Å². The van der Waals surface area contributed by atoms with Crippen molar-refractivity contribution in [2.45, 2.75) is 32.7 Å². The zero-order valence-corrected chi connectivity index (χ0v) is 19.3. The molecule has 0 spiro atoms. The van der Waals surface area contributed by atoms with E-state index in [1.165, 1.54) is 11.3 Å². The smallest absolute Gasteiger partial charge is 0.338 e. The lowest BCUT2D eigenvalue weighted by molar-refractivity contribution is -0.143. The average molecular weight is 487 g/mol. The Labute approximate surface area is 198 Å². The van der Waals surface area contributed by atoms with E-state index in [-0.39, 0.29) is 37.3 Å². The highest BCUT2D eigenvalue weighted by atomic mass is 32.1. The van der Waals surface area contributed by atoms with Crippen LogP contribution < -0.4 is 10.6 Å². The maximum Gasteiger partial charge on any atom is 0.338 e. The van der Waals surface area contributed by atoms with Gasteiger partial charge in [0.25, 0.3) is 0 Å². The Morgan fingerprint density at radius 3 is 2.79 bits per heavy atom. The molecule has 4 heterocycles. The summed E-state index contributed by atoms with van der Waals surface area (Å²) in [5.41, 5.74) is 0.216. The van der Waals surface area contributed by atoms with Gasteiger partial charge in [-0.25, -0.2) is 9.59 Å². The van der Waals surface area contributed by atoms with Gasteiger partial charge in [-0.05, 0) is 37.4 Å². The number of rotatable bonds is 9. The summed E-state index contributed by atoms with van der Waals surface area (Å²) in [6, 6.07) is 5.67. The molecule has 178 valence electrons. The van der Waals surface area contributed by atoms with Gasteiger partial charge in [0.2, 0.25) is 11.7 Å². The average Bonchev–Trinajstić information content (AvgIpc) is 3.57. The van der Waals surface area contributed by atoms with E-state index >= 15 is 0 Å². The van der Waals surface area contributed by atoms with Crippen LogP contribution in [-0.4, -0.2) is 41.3 Å². The zero-order chi connectivity index (χ0) is 24.1. The number of carbonyl (C=O) groups is 3. The van der Waals surface area contributed by atoms with Gasteiger partial charge in [-0.3, -0.25) is 4.79 Å². The molecule has 12 heteroatoms. The predicted molar refractivity (Wildman–Crippen MR) is 118 cm³/mol. The van der Waals surface area contributed by atoms with Gasteiger partial charge in [-0.2, -0.15) is 4.98 Å². The second-order valence-electron chi connectivity index (χ2n) is 7.24. The third-order valence-corrected chi connectivity index (χ3v) is 5.69. The summed E-state index contributed by atoms with van der Waals surface area (Å²) in [7, 11) is 0. The Kier molecular flexibility index (Phi) is 7.07. The highest BCUT2D eigenvalue weighted by Crippen LogP contribution is 2.29. The number of esters is 2. The maximum absolute atomic E-state index is 12.7. The Morgan fingerprint density at radius 1 is 1.24 bits per heavy atom. The van der Waals surface area contributed by atoms with E-state index in [2.05, 4.69) is 20.8 Å². The normalized spacial score (nSPS) is 15.6. The Balaban J connectivity index is 1.43. The van der Waals surface area contributed by atoms with Crippen LogP contribution in [0.15, 0.2) is 49.9 Å². The van der Waals surface area contributed by atoms with Crippen molar-refractivity contribution in [3.63, 3.8) is 0 Å². The predicted octanol–water partition coefficient (Wildman–Crippen LogP) is 3.05. The first-order valence-electron chi connectivity index (χ1n) is 10.5. The summed E-state index contributed by atoms with van der Waals surface area (Å²) in [6.07, 6.45) is 0.157. The molecule has 2 amide bonds. The molecule has 0 aromatic carbocycles. The number of hydrogen-bond acceptors (Lipinski definition) is 10. The van der Waals surface area contributed by atoms with E-state index in [9.17, 15) is 14.4 Å². The van der Waals surface area contributed by atoms with Gasteiger partial charge in [-0.1, -0.05) is 11.2 Å². The molecule has 1 aliphatic rings. The molecule has 0 bridgehead atoms. The summed E-state index contributed by atoms with van der Waals surface area (Å²) in [5.74, 6) is 0.505. The van der Waals surface area contributed by atoms with Gasteiger partial charge in [-0.15, -0.1) is 11.3 Å². The van der Waals surface area contributed by atoms with Gasteiger partial charge < -0.3 is 29.0 Å². The molecular formula is C22H22N4O7S. The number of thiophene rings is 1. The molecule has 0 aliphatic carbocycles. The number of nitrogens with zero attached hydrogens (tertiary/aromatic N) is 2. The number of furan rings is 1. The molecular weight excluding hydrogens is 464 g/mol. The molecule has 3 aromatic heterocycles. The number of amides is 2. The Morgan fingerprint density at radius 2 is 2.09 bits per heavy atom. The van der Waals surface area contributed by atoms with Crippen molar-refractivity contribution in [2.24, 2.45) is 0 Å². The summed E-state index contributed by atoms with van der Waals surface area (Å²) in [5, 5.41) is 11.0. The number of aromatic nitrogens is 2. The SMILES string of the molecule is CCOC(=O)C1=C(COC(=O)CCc2nc(-c3cccs3)no2)NC(=O)NC1c1ccc(C)o1. The first kappa shape index (κ1) is 23.2. The lowest BCUT2D eigenvalue weighted by atomic mass is 10.0. The number of aryl methyl sites for hydroxylation is 2. The number of ether oxygens (including phenoxy) is 2. The van der Waals surface area contributed by atoms with E-state index in [0.717, 1.165) is 4.88 Å². The van der Waals surface area contributed by atoms with Crippen LogP contribution in [0.5, 0.6) is 0 Å². The first-order chi connectivity index (χ1) is 16.4. The quantitative estimate of drug-likeness (QED) is 0.436. The first-order valence-corrected chi connectivity index (χ1v) is 11.4. The topological polar surface area (TPSA) is 146 Å². The molecule has 3 aromatic rings. The second kappa shape index (κ2) is 10.3. The zero-order valence-electron chi connectivity index (χ0n) is 18.5. The fraction of sp³-hybridized carbons (Fsp3) is 0.318. The van der Waals surface area contributed by atoms with Crippen LogP contribution in [0.1, 0.15) is 36.8 Å². The van der Waals surface area contributed by atoms with Crippen molar-refractivity contribution >= 4 is 29.3 Å². The fourth-order valence-electron chi connectivity index (χ4n) is 3.30. The third-order valence-electron chi connectivity index (χ3n) is 4.82. The molecule has 11 nitrogen and oxygen atoms in total. The Hall–Kier alpha value is -3.93. The van der Waals surface area contributed by atoms with Crippen LogP contribution in [0, 0.1) is 6.92 Å². The van der Waals surface area contributed by atoms with Gasteiger partial charge >= 0.3 is 18.0 Å². The fourth-order valence-corrected chi connectivity index (χ4v) is 3.95. The molecule has 0 saturated heterocycles. The van der Waals surface area contributed by atoms with E-state index < -0.39 is 24.0 Å². The van der Waals surface area contributed by atoms with Gasteiger partial charge in [0.05, 0.1) is 29.2 Å². The van der Waals surface area contributed by atoms with Crippen LogP contribution >= 0.6 is 11.3 Å². The molecule has 2 N–H and O–H groups in total. The molecule has 0 saturated carbocycles. The number of carbonyl (C=O) groups excluding carboxylic acids is 3. The molecule has 1 unspecified atom stereocenters. The van der Waals surface area contributed by atoms with Crippen molar-refractivity contribution in [1.82, 2.24) is 20.8 Å². The lowest BCUT2D eigenvalue weighted by Gasteiger charge is -2.27. The van der Waals surface area contributed by atoms with Crippen LogP contribution in [-0.2, 0) is 25.5 Å². The van der Waals surface area contributed by atoms with E-state index in [1.54, 1.807) is 26.0 Å². The third kappa shape index (κ3) is 5.34. The van der Waals surface area contributed by atoms with Crippen molar-refractivity contribution in [3.8, 4) is 10.7 Å². The summed E-state index contributed by atoms with van der Waals surface area (Å²) < 4.78 is 21.3. The lowest BCUT2D eigenvalue weighted by Crippen LogP contribution is -2.47. The summed E-state index contributed by atoms with van der Waals surface area (Å²) in [4.78, 5) is 42.4. The van der Waals surface area contributed by atoms with Crippen molar-refractivity contribution in [2.75, 3.05) is 13.2 Å². The van der Waals surface area contributed by atoms with Crippen LogP contribution in [0.4, 0.5) is 4.79 Å². The minimum atomic E-state index is -0.885. The van der Waals surface area contributed by atoms with Gasteiger partial charge in [0.1, 0.15) is 24.2 Å². The molecule has 1 aliphatic heterocycles. The van der Waals surface area contributed by atoms with Crippen molar-refractivity contribution in [1.29, 1.82) is 0 Å². The monoisotopic (exact) mass is 486 g/mol. The largest absolute Gasteiger partial charge is 0.464 e. The van der Waals surface area contributed by atoms with Crippen molar-refractivity contribution in [3.05, 3.63) is 58.3 Å². The summed E-state index contributed by atoms with van der Waals surface area (Å²) in [6.45, 7) is 3.21. The second-order valence-corrected chi connectivity index (χ2v) is 8.19. The standard InChI is InChI=1S/C22H22N4O7S/c1-3-30-21(28)18-13(23-22(29)25-19(18)14-7-6-12(2)32-14)11-31-17(27)9-8-16-24-20(26-33-16)15-5-4-10-34-15/h4-7,10,19H,3,8-9,11H2,1-2H3,(H2,23,25,29). The molecule has 1 atom stereocenters. The number of hydrogen-bond donors (Lipinski definition) is 2. The highest BCUT2D eigenvalue weighted by Gasteiger charge is 2.36. The van der Waals surface area contributed by atoms with E-state index in [0.29, 0.717) is 23.2 Å². The number of urea groups is 1. The van der Waals surface area contributed by atoms with Crippen LogP contribution in [0.3, 0.4) is 0 Å². The maximum atomic E-state index is 12.7. The molecule has 0 fully saturated rings. The molecule has 4 rings (SSSR count). The van der Waals surface area contributed by atoms with Crippen molar-refractivity contribution < 1.29 is 32.8 Å². The van der Waals surface area contributed by atoms with E-state index in [1.807, 2.05) is 17.5 Å². The minimum Gasteiger partial charge on any atom is -0.464 e. The highest BCUT2D eigenvalue weighted by molar-refractivity contribution is 7.13. The van der Waals surface area contributed by atoms with Gasteiger partial charge in [0, 0.05) is 6.42 Å². The van der Waals surface area contributed by atoms with E-state index in [4.69, 9.17) is 18.4 Å². The molecule has 34 heavy (non-hydrogen) atoms. The number of nitrogens with one attached hydrogen (secondary N) is 2. The summed E-state index contributed by atoms with van der Waals surface area (Å²) >= 11 is 1.48. The van der Waals surface area contributed by atoms with Gasteiger partial charge in [0.15, 0.2) is 0 Å². The Bertz CT molecular complexity index is 1210.